The zero-order chi connectivity index (χ0) is 14.3. The van der Waals surface area contributed by atoms with Gasteiger partial charge in [-0.3, -0.25) is 0 Å². The molecular formula is C13H10ClFIN3S. The van der Waals surface area contributed by atoms with Gasteiger partial charge in [0, 0.05) is 17.1 Å². The average molecular weight is 422 g/mol. The fraction of sp³-hybridized carbons (Fsp3) is 0.231. The number of aromatic nitrogens is 3. The lowest BCUT2D eigenvalue weighted by Crippen LogP contribution is -2.02. The predicted molar refractivity (Wildman–Crippen MR) is 87.9 cm³/mol. The maximum atomic E-state index is 13.8. The molecule has 20 heavy (non-hydrogen) atoms. The minimum atomic E-state index is -0.235. The Morgan fingerprint density at radius 2 is 2.25 bits per heavy atom. The Morgan fingerprint density at radius 3 is 2.90 bits per heavy atom. The first-order valence-corrected chi connectivity index (χ1v) is 8.33. The molecule has 0 fully saturated rings. The summed E-state index contributed by atoms with van der Waals surface area (Å²) in [6, 6.07) is 3.27. The smallest absolute Gasteiger partial charge is 0.138 e. The fourth-order valence-electron chi connectivity index (χ4n) is 2.08. The zero-order valence-corrected chi connectivity index (χ0v) is 14.3. The number of fused-ring (bicyclic) bond motifs is 1. The van der Waals surface area contributed by atoms with Crippen molar-refractivity contribution in [1.29, 1.82) is 0 Å². The lowest BCUT2D eigenvalue weighted by molar-refractivity contribution is 0.621. The van der Waals surface area contributed by atoms with E-state index in [1.165, 1.54) is 6.07 Å². The fourth-order valence-corrected chi connectivity index (χ4v) is 3.52. The van der Waals surface area contributed by atoms with Crippen LogP contribution in [0.2, 0.25) is 0 Å². The molecule has 2 aromatic heterocycles. The molecule has 0 aliphatic carbocycles. The normalized spacial score (nSPS) is 11.4. The second kappa shape index (κ2) is 5.57. The van der Waals surface area contributed by atoms with E-state index in [2.05, 4.69) is 9.97 Å². The highest BCUT2D eigenvalue weighted by molar-refractivity contribution is 14.1. The summed E-state index contributed by atoms with van der Waals surface area (Å²) < 4.78 is 16.3. The van der Waals surface area contributed by atoms with E-state index < -0.39 is 0 Å². The number of aryl methyl sites for hydroxylation is 1. The van der Waals surface area contributed by atoms with E-state index in [9.17, 15) is 4.39 Å². The van der Waals surface area contributed by atoms with Gasteiger partial charge in [0.1, 0.15) is 11.6 Å². The lowest BCUT2D eigenvalue weighted by Gasteiger charge is -2.06. The van der Waals surface area contributed by atoms with Crippen molar-refractivity contribution in [1.82, 2.24) is 14.5 Å². The number of benzene rings is 1. The molecule has 0 radical (unpaired) electrons. The minimum Gasteiger partial charge on any atom is -0.322 e. The van der Waals surface area contributed by atoms with E-state index in [0.29, 0.717) is 16.0 Å². The van der Waals surface area contributed by atoms with E-state index in [1.807, 2.05) is 40.3 Å². The van der Waals surface area contributed by atoms with Crippen LogP contribution in [0.15, 0.2) is 18.3 Å². The zero-order valence-electron chi connectivity index (χ0n) is 10.5. The van der Waals surface area contributed by atoms with Crippen molar-refractivity contribution in [2.24, 2.45) is 0 Å². The maximum absolute atomic E-state index is 13.8. The summed E-state index contributed by atoms with van der Waals surface area (Å²) in [5.41, 5.74) is 1.54. The second-order valence-corrected chi connectivity index (χ2v) is 7.10. The molecule has 0 aliphatic rings. The van der Waals surface area contributed by atoms with Crippen molar-refractivity contribution in [3.05, 3.63) is 43.4 Å². The Morgan fingerprint density at radius 1 is 1.45 bits per heavy atom. The highest BCUT2D eigenvalue weighted by Gasteiger charge is 2.14. The van der Waals surface area contributed by atoms with Gasteiger partial charge in [0.25, 0.3) is 0 Å². The van der Waals surface area contributed by atoms with Crippen LogP contribution in [-0.2, 0) is 12.4 Å². The summed E-state index contributed by atoms with van der Waals surface area (Å²) >= 11 is 9.55. The summed E-state index contributed by atoms with van der Waals surface area (Å²) in [7, 11) is 0. The van der Waals surface area contributed by atoms with Crippen molar-refractivity contribution >= 4 is 56.6 Å². The molecule has 3 aromatic rings. The number of imidazole rings is 1. The van der Waals surface area contributed by atoms with Crippen LogP contribution in [0.4, 0.5) is 4.39 Å². The van der Waals surface area contributed by atoms with Crippen LogP contribution in [0, 0.1) is 16.3 Å². The number of alkyl halides is 1. The number of rotatable bonds is 3. The Hall–Kier alpha value is -0.730. The summed E-state index contributed by atoms with van der Waals surface area (Å²) in [4.78, 5) is 9.82. The van der Waals surface area contributed by atoms with Crippen molar-refractivity contribution in [2.75, 3.05) is 0 Å². The largest absolute Gasteiger partial charge is 0.322 e. The molecule has 3 nitrogen and oxygen atoms in total. The average Bonchev–Trinajstić information content (AvgIpc) is 2.96. The predicted octanol–water partition coefficient (Wildman–Crippen LogP) is 4.33. The van der Waals surface area contributed by atoms with Crippen molar-refractivity contribution in [2.45, 2.75) is 19.3 Å². The van der Waals surface area contributed by atoms with Gasteiger partial charge < -0.3 is 4.57 Å². The van der Waals surface area contributed by atoms with E-state index in [1.54, 1.807) is 17.4 Å². The Bertz CT molecular complexity index is 783. The van der Waals surface area contributed by atoms with Gasteiger partial charge in [-0.25, -0.2) is 14.4 Å². The van der Waals surface area contributed by atoms with Crippen LogP contribution < -0.4 is 0 Å². The minimum absolute atomic E-state index is 0.235. The molecule has 0 saturated heterocycles. The summed E-state index contributed by atoms with van der Waals surface area (Å²) in [6.07, 6.45) is 1.84. The van der Waals surface area contributed by atoms with Crippen molar-refractivity contribution in [3.8, 4) is 0 Å². The van der Waals surface area contributed by atoms with Gasteiger partial charge in [0.05, 0.1) is 32.0 Å². The van der Waals surface area contributed by atoms with E-state index in [-0.39, 0.29) is 5.82 Å². The van der Waals surface area contributed by atoms with Crippen LogP contribution in [-0.4, -0.2) is 14.5 Å². The molecule has 0 amide bonds. The number of nitrogens with zero attached hydrogens (tertiary/aromatic N) is 3. The number of hydrogen-bond donors (Lipinski definition) is 0. The van der Waals surface area contributed by atoms with E-state index in [4.69, 9.17) is 11.6 Å². The van der Waals surface area contributed by atoms with Crippen LogP contribution in [0.3, 0.4) is 0 Å². The molecule has 0 aliphatic heterocycles. The van der Waals surface area contributed by atoms with Gasteiger partial charge >= 0.3 is 0 Å². The monoisotopic (exact) mass is 421 g/mol. The Labute approximate surface area is 137 Å². The third-order valence-electron chi connectivity index (χ3n) is 2.97. The van der Waals surface area contributed by atoms with Gasteiger partial charge in [0.15, 0.2) is 0 Å². The molecule has 7 heteroatoms. The molecule has 2 heterocycles. The van der Waals surface area contributed by atoms with E-state index >= 15 is 0 Å². The molecular weight excluding hydrogens is 412 g/mol. The molecule has 0 spiro atoms. The SMILES string of the molecule is Cc1ncc(Cn2c(CCl)nc3cc(I)c(F)cc32)s1. The third-order valence-corrected chi connectivity index (χ3v) is 4.94. The Kier molecular flexibility index (Phi) is 3.96. The van der Waals surface area contributed by atoms with Gasteiger partial charge in [0.2, 0.25) is 0 Å². The molecule has 104 valence electrons. The third kappa shape index (κ3) is 2.56. The molecule has 0 N–H and O–H groups in total. The Balaban J connectivity index is 2.14. The lowest BCUT2D eigenvalue weighted by atomic mass is 10.3. The molecule has 0 saturated carbocycles. The first-order valence-electron chi connectivity index (χ1n) is 5.90. The van der Waals surface area contributed by atoms with Crippen LogP contribution in [0.5, 0.6) is 0 Å². The van der Waals surface area contributed by atoms with Gasteiger partial charge in [-0.2, -0.15) is 0 Å². The number of hydrogen-bond acceptors (Lipinski definition) is 3. The first-order chi connectivity index (χ1) is 9.58. The number of thiazole rings is 1. The maximum Gasteiger partial charge on any atom is 0.138 e. The number of halogens is 3. The second-order valence-electron chi connectivity index (χ2n) is 4.35. The quantitative estimate of drug-likeness (QED) is 0.465. The summed E-state index contributed by atoms with van der Waals surface area (Å²) in [5, 5.41) is 1.01. The van der Waals surface area contributed by atoms with E-state index in [0.717, 1.165) is 26.7 Å². The summed E-state index contributed by atoms with van der Waals surface area (Å²) in [5.74, 6) is 0.806. The molecule has 0 atom stereocenters. The van der Waals surface area contributed by atoms with Crippen LogP contribution in [0.1, 0.15) is 15.7 Å². The van der Waals surface area contributed by atoms with Crippen molar-refractivity contribution < 1.29 is 4.39 Å². The van der Waals surface area contributed by atoms with Crippen molar-refractivity contribution in [3.63, 3.8) is 0 Å². The highest BCUT2D eigenvalue weighted by atomic mass is 127. The topological polar surface area (TPSA) is 30.7 Å². The van der Waals surface area contributed by atoms with Gasteiger partial charge in [-0.1, -0.05) is 0 Å². The first kappa shape index (κ1) is 14.2. The standard InChI is InChI=1S/C13H10ClFIN3S/c1-7-17-5-8(20-7)6-19-12-2-9(15)10(16)3-11(12)18-13(19)4-14/h2-3,5H,4,6H2,1H3. The van der Waals surface area contributed by atoms with Crippen LogP contribution in [0.25, 0.3) is 11.0 Å². The molecule has 0 unspecified atom stereocenters. The molecule has 3 rings (SSSR count). The molecule has 1 aromatic carbocycles. The summed E-state index contributed by atoms with van der Waals surface area (Å²) in [6.45, 7) is 2.58. The van der Waals surface area contributed by atoms with Gasteiger partial charge in [-0.05, 0) is 35.6 Å². The van der Waals surface area contributed by atoms with Crippen LogP contribution >= 0.6 is 45.5 Å². The van der Waals surface area contributed by atoms with Gasteiger partial charge in [-0.15, -0.1) is 22.9 Å². The molecule has 0 bridgehead atoms. The highest BCUT2D eigenvalue weighted by Crippen LogP contribution is 2.24.